The van der Waals surface area contributed by atoms with E-state index >= 15 is 0 Å². The third-order valence-electron chi connectivity index (χ3n) is 5.57. The van der Waals surface area contributed by atoms with Crippen LogP contribution < -0.4 is 0 Å². The SMILES string of the molecule is CCCN(CCC)CCCN(CCCN(CCC)CCC)C[Si](OCC)(OCC)OCC. The van der Waals surface area contributed by atoms with Crippen LogP contribution in [0.3, 0.4) is 0 Å². The monoisotopic (exact) mass is 475 g/mol. The predicted octanol–water partition coefficient (Wildman–Crippen LogP) is 4.90. The van der Waals surface area contributed by atoms with E-state index in [1.54, 1.807) is 0 Å². The molecule has 0 aromatic rings. The van der Waals surface area contributed by atoms with Gasteiger partial charge in [0.25, 0.3) is 0 Å². The second kappa shape index (κ2) is 21.5. The van der Waals surface area contributed by atoms with Crippen LogP contribution in [0.5, 0.6) is 0 Å². The van der Waals surface area contributed by atoms with Gasteiger partial charge >= 0.3 is 8.80 Å². The molecule has 0 bridgehead atoms. The zero-order valence-electron chi connectivity index (χ0n) is 22.8. The molecule has 0 aliphatic heterocycles. The first kappa shape index (κ1) is 32.0. The first-order valence-electron chi connectivity index (χ1n) is 13.6. The zero-order chi connectivity index (χ0) is 24.1. The Kier molecular flexibility index (Phi) is 21.5. The standard InChI is InChI=1S/C25H57N3O3Si/c1-8-17-26(18-9-2)21-15-23-28(24-16-22-27(19-10-3)20-11-4)25-32(29-12-5,30-13-6)31-14-7/h8-25H2,1-7H3. The maximum Gasteiger partial charge on any atom is 0.515 e. The van der Waals surface area contributed by atoms with Crippen molar-refractivity contribution in [2.24, 2.45) is 0 Å². The molecule has 0 rings (SSSR count). The van der Waals surface area contributed by atoms with Gasteiger partial charge in [-0.3, -0.25) is 4.90 Å². The first-order chi connectivity index (χ1) is 15.5. The van der Waals surface area contributed by atoms with Gasteiger partial charge in [-0.2, -0.15) is 0 Å². The molecule has 0 spiro atoms. The van der Waals surface area contributed by atoms with Gasteiger partial charge in [-0.05, 0) is 112 Å². The van der Waals surface area contributed by atoms with E-state index in [2.05, 4.69) is 42.4 Å². The molecule has 0 atom stereocenters. The highest BCUT2D eigenvalue weighted by Crippen LogP contribution is 2.14. The molecule has 0 aromatic heterocycles. The van der Waals surface area contributed by atoms with Gasteiger partial charge < -0.3 is 23.1 Å². The molecule has 0 unspecified atom stereocenters. The average molecular weight is 476 g/mol. The molecule has 6 nitrogen and oxygen atoms in total. The van der Waals surface area contributed by atoms with Crippen molar-refractivity contribution in [3.8, 4) is 0 Å². The summed E-state index contributed by atoms with van der Waals surface area (Å²) in [5.74, 6) is 0. The quantitative estimate of drug-likeness (QED) is 0.185. The Labute approximate surface area is 202 Å². The maximum absolute atomic E-state index is 6.18. The molecule has 0 aromatic carbocycles. The van der Waals surface area contributed by atoms with Crippen molar-refractivity contribution >= 4 is 8.80 Å². The highest BCUT2D eigenvalue weighted by Gasteiger charge is 2.42. The van der Waals surface area contributed by atoms with Crippen LogP contribution in [-0.4, -0.2) is 102 Å². The lowest BCUT2D eigenvalue weighted by molar-refractivity contribution is 0.0554. The Morgan fingerprint density at radius 2 is 0.750 bits per heavy atom. The summed E-state index contributed by atoms with van der Waals surface area (Å²) in [7, 11) is -2.68. The Morgan fingerprint density at radius 1 is 0.438 bits per heavy atom. The molecule has 194 valence electrons. The third kappa shape index (κ3) is 15.0. The largest absolute Gasteiger partial charge is 0.515 e. The van der Waals surface area contributed by atoms with Gasteiger partial charge in [-0.25, -0.2) is 0 Å². The van der Waals surface area contributed by atoms with Gasteiger partial charge in [0, 0.05) is 19.8 Å². The lowest BCUT2D eigenvalue weighted by atomic mass is 10.2. The molecule has 0 fully saturated rings. The summed E-state index contributed by atoms with van der Waals surface area (Å²) >= 11 is 0. The summed E-state index contributed by atoms with van der Waals surface area (Å²) in [6, 6.07) is 0. The van der Waals surface area contributed by atoms with Crippen molar-refractivity contribution in [3.05, 3.63) is 0 Å². The van der Waals surface area contributed by atoms with Crippen molar-refractivity contribution in [3.63, 3.8) is 0 Å². The lowest BCUT2D eigenvalue weighted by Gasteiger charge is -2.34. The van der Waals surface area contributed by atoms with E-state index in [-0.39, 0.29) is 0 Å². The topological polar surface area (TPSA) is 37.4 Å². The summed E-state index contributed by atoms with van der Waals surface area (Å²) < 4.78 is 18.5. The van der Waals surface area contributed by atoms with Crippen LogP contribution in [0.4, 0.5) is 0 Å². The van der Waals surface area contributed by atoms with E-state index in [1.807, 2.05) is 20.8 Å². The maximum atomic E-state index is 6.18. The van der Waals surface area contributed by atoms with E-state index in [0.717, 1.165) is 19.3 Å². The van der Waals surface area contributed by atoms with Crippen LogP contribution in [0, 0.1) is 0 Å². The van der Waals surface area contributed by atoms with Crippen molar-refractivity contribution in [2.75, 3.05) is 78.3 Å². The molecule has 0 amide bonds. The Balaban J connectivity index is 5.11. The zero-order valence-corrected chi connectivity index (χ0v) is 23.8. The van der Waals surface area contributed by atoms with Crippen molar-refractivity contribution in [1.82, 2.24) is 14.7 Å². The van der Waals surface area contributed by atoms with E-state index in [1.165, 1.54) is 77.8 Å². The first-order valence-corrected chi connectivity index (χ1v) is 15.6. The summed E-state index contributed by atoms with van der Waals surface area (Å²) in [4.78, 5) is 7.79. The number of hydrogen-bond acceptors (Lipinski definition) is 6. The van der Waals surface area contributed by atoms with Gasteiger partial charge in [0.1, 0.15) is 0 Å². The van der Waals surface area contributed by atoms with Crippen LogP contribution in [0.15, 0.2) is 0 Å². The molecule has 32 heavy (non-hydrogen) atoms. The van der Waals surface area contributed by atoms with Crippen LogP contribution in [0.2, 0.25) is 0 Å². The van der Waals surface area contributed by atoms with Gasteiger partial charge in [-0.15, -0.1) is 0 Å². The van der Waals surface area contributed by atoms with Gasteiger partial charge in [0.05, 0.1) is 6.17 Å². The van der Waals surface area contributed by atoms with Crippen LogP contribution in [0.1, 0.15) is 87.0 Å². The van der Waals surface area contributed by atoms with E-state index in [0.29, 0.717) is 19.8 Å². The van der Waals surface area contributed by atoms with E-state index in [9.17, 15) is 0 Å². The Bertz CT molecular complexity index is 354. The minimum atomic E-state index is -2.68. The summed E-state index contributed by atoms with van der Waals surface area (Å²) in [6.07, 6.45) is 8.07. The summed E-state index contributed by atoms with van der Waals surface area (Å²) in [5.41, 5.74) is 0. The van der Waals surface area contributed by atoms with E-state index in [4.69, 9.17) is 13.3 Å². The highest BCUT2D eigenvalue weighted by molar-refractivity contribution is 6.60. The second-order valence-corrected chi connectivity index (χ2v) is 11.2. The average Bonchev–Trinajstić information content (AvgIpc) is 2.75. The predicted molar refractivity (Wildman–Crippen MR) is 140 cm³/mol. The Hall–Kier alpha value is -0.0231. The molecule has 0 N–H and O–H groups in total. The van der Waals surface area contributed by atoms with Gasteiger partial charge in [0.2, 0.25) is 0 Å². The highest BCUT2D eigenvalue weighted by atomic mass is 28.4. The lowest BCUT2D eigenvalue weighted by Crippen LogP contribution is -2.56. The van der Waals surface area contributed by atoms with Crippen molar-refractivity contribution < 1.29 is 13.3 Å². The number of hydrogen-bond donors (Lipinski definition) is 0. The molecule has 7 heteroatoms. The fraction of sp³-hybridized carbons (Fsp3) is 1.00. The molecule has 0 saturated carbocycles. The molecule has 0 heterocycles. The number of nitrogens with zero attached hydrogens (tertiary/aromatic N) is 3. The van der Waals surface area contributed by atoms with Crippen LogP contribution in [-0.2, 0) is 13.3 Å². The van der Waals surface area contributed by atoms with Crippen LogP contribution >= 0.6 is 0 Å². The molecule has 0 aliphatic carbocycles. The Morgan fingerprint density at radius 3 is 1.03 bits per heavy atom. The fourth-order valence-electron chi connectivity index (χ4n) is 4.44. The third-order valence-corrected chi connectivity index (χ3v) is 8.59. The van der Waals surface area contributed by atoms with Gasteiger partial charge in [-0.1, -0.05) is 27.7 Å². The summed E-state index contributed by atoms with van der Waals surface area (Å²) in [6.45, 7) is 26.5. The molecular weight excluding hydrogens is 418 g/mol. The van der Waals surface area contributed by atoms with Crippen LogP contribution in [0.25, 0.3) is 0 Å². The second-order valence-electron chi connectivity index (χ2n) is 8.65. The molecule has 0 radical (unpaired) electrons. The molecular formula is C25H57N3O3Si. The van der Waals surface area contributed by atoms with E-state index < -0.39 is 8.80 Å². The normalized spacial score (nSPS) is 12.6. The molecule has 0 aliphatic rings. The molecule has 0 saturated heterocycles. The van der Waals surface area contributed by atoms with Gasteiger partial charge in [0.15, 0.2) is 0 Å². The minimum absolute atomic E-state index is 0.640. The number of rotatable bonds is 24. The minimum Gasteiger partial charge on any atom is -0.373 e. The summed E-state index contributed by atoms with van der Waals surface area (Å²) in [5, 5.41) is 0. The fourth-order valence-corrected chi connectivity index (χ4v) is 7.14. The smallest absolute Gasteiger partial charge is 0.373 e. The van der Waals surface area contributed by atoms with Crippen molar-refractivity contribution in [1.29, 1.82) is 0 Å². The van der Waals surface area contributed by atoms with Crippen molar-refractivity contribution in [2.45, 2.75) is 87.0 Å².